The van der Waals surface area contributed by atoms with E-state index in [1.54, 1.807) is 11.4 Å². The van der Waals surface area contributed by atoms with Gasteiger partial charge in [-0.3, -0.25) is 5.10 Å². The van der Waals surface area contributed by atoms with Crippen LogP contribution in [0.3, 0.4) is 0 Å². The number of H-pyrrole nitrogens is 1. The molecule has 0 bridgehead atoms. The molecule has 0 aliphatic carbocycles. The SMILES string of the molecule is C1=CN(Oc2ccccc2)N(c2ccn[nH]2)C1. The number of hydrogen-bond donors (Lipinski definition) is 1. The van der Waals surface area contributed by atoms with Crippen molar-refractivity contribution in [3.8, 4) is 5.75 Å². The Morgan fingerprint density at radius 3 is 2.82 bits per heavy atom. The molecule has 5 nitrogen and oxygen atoms in total. The van der Waals surface area contributed by atoms with Crippen LogP contribution in [-0.2, 0) is 0 Å². The summed E-state index contributed by atoms with van der Waals surface area (Å²) in [6.07, 6.45) is 5.62. The summed E-state index contributed by atoms with van der Waals surface area (Å²) in [5.41, 5.74) is 0. The Morgan fingerprint density at radius 1 is 1.18 bits per heavy atom. The number of nitrogens with zero attached hydrogens (tertiary/aromatic N) is 3. The second-order valence-corrected chi connectivity index (χ2v) is 3.62. The Balaban J connectivity index is 1.76. The van der Waals surface area contributed by atoms with Crippen LogP contribution in [0.5, 0.6) is 5.75 Å². The number of hydroxylamine groups is 1. The van der Waals surface area contributed by atoms with Gasteiger partial charge in [0, 0.05) is 6.07 Å². The van der Waals surface area contributed by atoms with Crippen LogP contribution in [0.15, 0.2) is 54.9 Å². The zero-order valence-corrected chi connectivity index (χ0v) is 9.15. The van der Waals surface area contributed by atoms with Gasteiger partial charge in [-0.15, -0.1) is 5.17 Å². The predicted molar refractivity (Wildman–Crippen MR) is 64.0 cm³/mol. The van der Waals surface area contributed by atoms with Crippen molar-refractivity contribution in [1.82, 2.24) is 15.4 Å². The molecule has 2 heterocycles. The third-order valence-corrected chi connectivity index (χ3v) is 2.46. The Hall–Kier alpha value is -2.43. The highest BCUT2D eigenvalue weighted by Crippen LogP contribution is 2.20. The lowest BCUT2D eigenvalue weighted by molar-refractivity contribution is -0.0102. The molecule has 1 aliphatic heterocycles. The monoisotopic (exact) mass is 228 g/mol. The lowest BCUT2D eigenvalue weighted by Crippen LogP contribution is -2.38. The summed E-state index contributed by atoms with van der Waals surface area (Å²) in [7, 11) is 0. The summed E-state index contributed by atoms with van der Waals surface area (Å²) < 4.78 is 0. The normalized spacial score (nSPS) is 14.4. The molecule has 5 heteroatoms. The molecule has 1 aromatic carbocycles. The quantitative estimate of drug-likeness (QED) is 0.872. The second-order valence-electron chi connectivity index (χ2n) is 3.62. The Morgan fingerprint density at radius 2 is 2.06 bits per heavy atom. The zero-order chi connectivity index (χ0) is 11.5. The minimum atomic E-state index is 0.759. The topological polar surface area (TPSA) is 44.4 Å². The van der Waals surface area contributed by atoms with Crippen molar-refractivity contribution in [3.05, 3.63) is 54.9 Å². The van der Waals surface area contributed by atoms with E-state index in [2.05, 4.69) is 10.2 Å². The van der Waals surface area contributed by atoms with E-state index in [-0.39, 0.29) is 0 Å². The lowest BCUT2D eigenvalue weighted by atomic mass is 10.3. The van der Waals surface area contributed by atoms with Crippen molar-refractivity contribution in [2.45, 2.75) is 0 Å². The number of anilines is 1. The third kappa shape index (κ3) is 1.94. The van der Waals surface area contributed by atoms with Crippen LogP contribution in [0.1, 0.15) is 0 Å². The van der Waals surface area contributed by atoms with Crippen molar-refractivity contribution in [3.63, 3.8) is 0 Å². The Bertz CT molecular complexity index is 494. The summed E-state index contributed by atoms with van der Waals surface area (Å²) in [4.78, 5) is 5.74. The zero-order valence-electron chi connectivity index (χ0n) is 9.15. The van der Waals surface area contributed by atoms with Gasteiger partial charge in [-0.05, 0) is 18.2 Å². The molecule has 0 fully saturated rings. The first-order chi connectivity index (χ1) is 8.43. The molecule has 1 aromatic heterocycles. The second kappa shape index (κ2) is 4.21. The first-order valence-electron chi connectivity index (χ1n) is 5.39. The fraction of sp³-hybridized carbons (Fsp3) is 0.0833. The van der Waals surface area contributed by atoms with Gasteiger partial charge < -0.3 is 4.84 Å². The molecule has 3 rings (SSSR count). The first-order valence-corrected chi connectivity index (χ1v) is 5.39. The summed E-state index contributed by atoms with van der Waals surface area (Å²) in [6, 6.07) is 11.6. The van der Waals surface area contributed by atoms with E-state index in [4.69, 9.17) is 4.84 Å². The van der Waals surface area contributed by atoms with Gasteiger partial charge in [0.25, 0.3) is 0 Å². The van der Waals surface area contributed by atoms with Gasteiger partial charge in [0.15, 0.2) is 5.75 Å². The van der Waals surface area contributed by atoms with Crippen LogP contribution < -0.4 is 9.85 Å². The minimum absolute atomic E-state index is 0.759. The van der Waals surface area contributed by atoms with Gasteiger partial charge in [0.1, 0.15) is 5.82 Å². The van der Waals surface area contributed by atoms with Gasteiger partial charge in [-0.25, -0.2) is 5.01 Å². The number of benzene rings is 1. The molecular formula is C12H12N4O. The van der Waals surface area contributed by atoms with Crippen LogP contribution in [-0.4, -0.2) is 21.9 Å². The number of hydrogen-bond acceptors (Lipinski definition) is 4. The smallest absolute Gasteiger partial charge is 0.157 e. The number of nitrogens with one attached hydrogen (secondary N) is 1. The molecule has 0 radical (unpaired) electrons. The molecule has 0 saturated carbocycles. The summed E-state index contributed by atoms with van der Waals surface area (Å²) >= 11 is 0. The highest BCUT2D eigenvalue weighted by Gasteiger charge is 2.19. The number of rotatable bonds is 3. The molecule has 0 amide bonds. The van der Waals surface area contributed by atoms with E-state index in [9.17, 15) is 0 Å². The highest BCUT2D eigenvalue weighted by atomic mass is 16.7. The number of hydrazine groups is 1. The first kappa shape index (κ1) is 9.77. The van der Waals surface area contributed by atoms with Crippen molar-refractivity contribution in [1.29, 1.82) is 0 Å². The maximum atomic E-state index is 5.74. The molecule has 17 heavy (non-hydrogen) atoms. The summed E-state index contributed by atoms with van der Waals surface area (Å²) in [6.45, 7) is 0.759. The maximum absolute atomic E-state index is 5.74. The Labute approximate surface area is 98.8 Å². The van der Waals surface area contributed by atoms with Gasteiger partial charge in [0.2, 0.25) is 0 Å². The van der Waals surface area contributed by atoms with Crippen molar-refractivity contribution in [2.75, 3.05) is 11.6 Å². The van der Waals surface area contributed by atoms with Gasteiger partial charge in [-0.1, -0.05) is 18.2 Å². The van der Waals surface area contributed by atoms with Crippen LogP contribution in [0.2, 0.25) is 0 Å². The predicted octanol–water partition coefficient (Wildman–Crippen LogP) is 1.95. The molecule has 0 spiro atoms. The number of aromatic amines is 1. The molecule has 2 aromatic rings. The fourth-order valence-electron chi connectivity index (χ4n) is 1.66. The molecule has 1 aliphatic rings. The van der Waals surface area contributed by atoms with Crippen molar-refractivity contribution >= 4 is 5.82 Å². The molecule has 86 valence electrons. The molecule has 0 atom stereocenters. The van der Waals surface area contributed by atoms with Crippen molar-refractivity contribution in [2.24, 2.45) is 0 Å². The van der Waals surface area contributed by atoms with E-state index >= 15 is 0 Å². The molecular weight excluding hydrogens is 216 g/mol. The van der Waals surface area contributed by atoms with E-state index in [1.807, 2.05) is 53.7 Å². The van der Waals surface area contributed by atoms with E-state index in [0.29, 0.717) is 0 Å². The summed E-state index contributed by atoms with van der Waals surface area (Å²) in [5, 5.41) is 10.5. The van der Waals surface area contributed by atoms with Crippen LogP contribution in [0, 0.1) is 0 Å². The van der Waals surface area contributed by atoms with Crippen LogP contribution in [0.4, 0.5) is 5.82 Å². The third-order valence-electron chi connectivity index (χ3n) is 2.46. The highest BCUT2D eigenvalue weighted by molar-refractivity contribution is 5.38. The van der Waals surface area contributed by atoms with Crippen molar-refractivity contribution < 1.29 is 4.84 Å². The Kier molecular flexibility index (Phi) is 2.42. The molecule has 1 N–H and O–H groups in total. The number of para-hydroxylation sites is 1. The molecule has 0 unspecified atom stereocenters. The van der Waals surface area contributed by atoms with E-state index in [1.165, 1.54) is 0 Å². The summed E-state index contributed by atoms with van der Waals surface area (Å²) in [5.74, 6) is 1.69. The lowest BCUT2D eigenvalue weighted by Gasteiger charge is -2.27. The largest absolute Gasteiger partial charge is 0.360 e. The van der Waals surface area contributed by atoms with Gasteiger partial charge in [0.05, 0.1) is 18.9 Å². The average molecular weight is 228 g/mol. The van der Waals surface area contributed by atoms with E-state index < -0.39 is 0 Å². The minimum Gasteiger partial charge on any atom is -0.360 e. The van der Waals surface area contributed by atoms with Gasteiger partial charge in [-0.2, -0.15) is 5.10 Å². The number of aromatic nitrogens is 2. The van der Waals surface area contributed by atoms with Crippen LogP contribution in [0.25, 0.3) is 0 Å². The van der Waals surface area contributed by atoms with Crippen LogP contribution >= 0.6 is 0 Å². The average Bonchev–Trinajstić information content (AvgIpc) is 3.00. The fourth-order valence-corrected chi connectivity index (χ4v) is 1.66. The van der Waals surface area contributed by atoms with Gasteiger partial charge >= 0.3 is 0 Å². The molecule has 0 saturated heterocycles. The maximum Gasteiger partial charge on any atom is 0.157 e. The van der Waals surface area contributed by atoms with E-state index in [0.717, 1.165) is 18.1 Å². The standard InChI is InChI=1S/C12H12N4O/c1-2-5-11(6-3-1)17-16-10-4-9-15(16)12-7-8-13-14-12/h1-8,10H,9H2,(H,13,14).